The van der Waals surface area contributed by atoms with Crippen molar-refractivity contribution in [3.63, 3.8) is 0 Å². The number of aliphatic hydroxyl groups is 1. The van der Waals surface area contributed by atoms with Crippen LogP contribution < -0.4 is 64.8 Å². The van der Waals surface area contributed by atoms with Crippen LogP contribution in [-0.2, 0) is 103 Å². The number of ether oxygens (including phenoxy) is 3. The second kappa shape index (κ2) is 34.2. The zero-order valence-corrected chi connectivity index (χ0v) is 57.9. The van der Waals surface area contributed by atoms with E-state index >= 15 is 28.4 Å². The number of nitrogens with zero attached hydrogens (tertiary/aromatic N) is 3. The van der Waals surface area contributed by atoms with Crippen LogP contribution in [0.5, 0.6) is 11.5 Å². The molecule has 1 aromatic heterocycles. The summed E-state index contributed by atoms with van der Waals surface area (Å²) in [6.45, 7) is 3.71. The Morgan fingerprint density at radius 1 is 0.733 bits per heavy atom. The highest BCUT2D eigenvalue weighted by molar-refractivity contribution is 6.00. The number of carbonyl (C=O) groups excluding carboxylic acids is 11. The van der Waals surface area contributed by atoms with Crippen LogP contribution in [0.2, 0.25) is 0 Å². The first-order chi connectivity index (χ1) is 48.0. The smallest absolute Gasteiger partial charge is 0.249 e. The summed E-state index contributed by atoms with van der Waals surface area (Å²) in [6, 6.07) is 14.4. The maximum Gasteiger partial charge on any atom is 0.249 e. The number of hydrogen-bond acceptors (Lipinski definition) is 15. The van der Waals surface area contributed by atoms with Gasteiger partial charge in [-0.05, 0) is 142 Å². The fraction of sp³-hybridized carbons (Fsp3) is 0.466. The number of Topliss-reactive ketones (excluding diaryl/α,β-unsaturated/α-hetero) is 2. The molecule has 5 aliphatic heterocycles. The molecule has 540 valence electrons. The first-order valence-corrected chi connectivity index (χ1v) is 34.2. The zero-order valence-electron chi connectivity index (χ0n) is 57.1. The fourth-order valence-corrected chi connectivity index (χ4v) is 13.8. The maximum absolute atomic E-state index is 16.1. The van der Waals surface area contributed by atoms with Gasteiger partial charge in [0.05, 0.1) is 25.4 Å². The molecule has 6 heterocycles. The van der Waals surface area contributed by atoms with E-state index in [0.717, 1.165) is 5.56 Å². The van der Waals surface area contributed by atoms with Gasteiger partial charge < -0.3 is 89.0 Å². The van der Waals surface area contributed by atoms with Crippen LogP contribution in [0.4, 0.5) is 4.39 Å². The Hall–Kier alpha value is -9.57. The van der Waals surface area contributed by atoms with Gasteiger partial charge in [-0.15, -0.1) is 0 Å². The number of allylic oxidation sites excluding steroid dienone is 1. The van der Waals surface area contributed by atoms with Crippen molar-refractivity contribution in [2.75, 3.05) is 46.5 Å². The third kappa shape index (κ3) is 18.7. The second-order valence-corrected chi connectivity index (χ2v) is 26.6. The average Bonchev–Trinajstić information content (AvgIpc) is 1.67. The number of hydrogen-bond donors (Lipinski definition) is 9. The number of amides is 9. The van der Waals surface area contributed by atoms with Crippen LogP contribution in [0, 0.1) is 11.7 Å². The van der Waals surface area contributed by atoms with Gasteiger partial charge in [0.1, 0.15) is 72.6 Å². The minimum Gasteiger partial charge on any atom is -1.00 e. The molecule has 11 bridgehead atoms. The summed E-state index contributed by atoms with van der Waals surface area (Å²) in [6.07, 6.45) is 2.01. The lowest BCUT2D eigenvalue weighted by Gasteiger charge is -2.37. The molecule has 28 heteroatoms. The minimum atomic E-state index is -1.82. The van der Waals surface area contributed by atoms with Crippen molar-refractivity contribution in [3.05, 3.63) is 142 Å². The van der Waals surface area contributed by atoms with Gasteiger partial charge in [0.15, 0.2) is 11.8 Å². The predicted octanol–water partition coefficient (Wildman–Crippen LogP) is -1.94. The number of aryl methyl sites for hydroxylation is 1. The first kappa shape index (κ1) is 75.6. The van der Waals surface area contributed by atoms with E-state index in [-0.39, 0.29) is 122 Å². The summed E-state index contributed by atoms with van der Waals surface area (Å²) >= 11 is 0. The average molecular weight is 1420 g/mol. The van der Waals surface area contributed by atoms with Crippen LogP contribution in [0.25, 0.3) is 10.9 Å². The number of benzene rings is 4. The molecule has 0 saturated carbocycles. The van der Waals surface area contributed by atoms with E-state index in [2.05, 4.69) is 43.0 Å². The molecule has 0 aliphatic carbocycles. The molecule has 10 atom stereocenters. The first-order valence-electron chi connectivity index (χ1n) is 34.2. The van der Waals surface area contributed by atoms with E-state index in [1.54, 1.807) is 73.8 Å². The van der Waals surface area contributed by atoms with Crippen molar-refractivity contribution in [1.29, 1.82) is 0 Å². The van der Waals surface area contributed by atoms with Crippen LogP contribution in [0.1, 0.15) is 99.1 Å². The molecule has 11 N–H and O–H groups in total. The number of halogens is 2. The number of rotatable bonds is 5. The summed E-state index contributed by atoms with van der Waals surface area (Å²) in [5.41, 5.74) is 6.56. The normalized spacial score (nSPS) is 26.1. The second-order valence-electron chi connectivity index (χ2n) is 26.6. The lowest BCUT2D eigenvalue weighted by Crippen LogP contribution is -3.00. The number of aromatic nitrogens is 1. The zero-order chi connectivity index (χ0) is 71.4. The Morgan fingerprint density at radius 3 is 2.26 bits per heavy atom. The van der Waals surface area contributed by atoms with Gasteiger partial charge >= 0.3 is 0 Å². The van der Waals surface area contributed by atoms with Gasteiger partial charge in [-0.2, -0.15) is 0 Å². The van der Waals surface area contributed by atoms with E-state index in [0.29, 0.717) is 63.1 Å². The Bertz CT molecular complexity index is 3960. The third-order valence-electron chi connectivity index (χ3n) is 19.4. The van der Waals surface area contributed by atoms with E-state index in [4.69, 9.17) is 14.2 Å². The highest BCUT2D eigenvalue weighted by atomic mass is 35.5. The van der Waals surface area contributed by atoms with E-state index in [9.17, 15) is 33.9 Å². The molecule has 101 heavy (non-hydrogen) atoms. The molecule has 0 spiro atoms. The van der Waals surface area contributed by atoms with Crippen molar-refractivity contribution in [3.8, 4) is 11.5 Å². The Morgan fingerprint density at radius 2 is 1.50 bits per heavy atom. The van der Waals surface area contributed by atoms with Crippen molar-refractivity contribution in [2.45, 2.75) is 165 Å². The van der Waals surface area contributed by atoms with Crippen LogP contribution in [0.15, 0.2) is 103 Å². The topological polar surface area (TPSA) is 359 Å². The molecule has 10 rings (SSSR count). The van der Waals surface area contributed by atoms with Crippen molar-refractivity contribution < 1.29 is 94.6 Å². The minimum absolute atomic E-state index is 0. The van der Waals surface area contributed by atoms with Gasteiger partial charge in [0.25, 0.3) is 0 Å². The molecule has 0 radical (unpaired) electrons. The summed E-state index contributed by atoms with van der Waals surface area (Å²) in [5.74, 6) is -8.71. The fourth-order valence-electron chi connectivity index (χ4n) is 13.8. The van der Waals surface area contributed by atoms with Crippen molar-refractivity contribution in [2.24, 2.45) is 5.92 Å². The largest absolute Gasteiger partial charge is 1.00 e. The lowest BCUT2D eigenvalue weighted by molar-refractivity contribution is -0.370. The molecule has 9 amide bonds. The van der Waals surface area contributed by atoms with Crippen LogP contribution in [-0.4, -0.2) is 185 Å². The molecule has 2 saturated heterocycles. The summed E-state index contributed by atoms with van der Waals surface area (Å²) in [7, 11) is 1.49. The third-order valence-corrected chi connectivity index (χ3v) is 19.4. The molecule has 0 unspecified atom stereocenters. The summed E-state index contributed by atoms with van der Waals surface area (Å²) < 4.78 is 35.6. The Kier molecular flexibility index (Phi) is 25.6. The number of carbonyl (C=O) groups is 11. The number of ketones is 2. The van der Waals surface area contributed by atoms with Gasteiger partial charge in [-0.25, -0.2) is 4.39 Å². The van der Waals surface area contributed by atoms with Crippen molar-refractivity contribution in [1.82, 2.24) is 51.6 Å². The number of nitrogens with one attached hydrogen (secondary N) is 7. The van der Waals surface area contributed by atoms with Crippen LogP contribution >= 0.6 is 0 Å². The van der Waals surface area contributed by atoms with Gasteiger partial charge in [0.2, 0.25) is 53.2 Å². The molecular weight excluding hydrogens is 1330 g/mol. The number of aliphatic hydroxyl groups excluding tert-OH is 1. The molecule has 5 aromatic rings. The number of quaternary nitrogens is 1. The SMILES string of the molecule is COc1ccc(C[C@@H]2NC(=O)[C@H]([C@@H](C)O)NC(=O)[C@@H]3[C@@H]4CCN3C(=O)[C@H]3CC(=O)[C@H](Cc5cccc(c5)CNC(=O)CO4)NC(=O)[C@@H](C[NH3+])NC(=O)[C@H](C)NC(=O)CCC(=O)CCc4ccc(cc4OC/C=C/Cn4cc(c5cc(F)ccc54)C3)CCNC(=O)[C@]3(C)CCCN3C2=O)cc1.[Cl-]. The van der Waals surface area contributed by atoms with Gasteiger partial charge in [-0.1, -0.05) is 54.6 Å². The van der Waals surface area contributed by atoms with Gasteiger partial charge in [-0.3, -0.25) is 52.7 Å². The van der Waals surface area contributed by atoms with E-state index in [1.807, 2.05) is 28.8 Å². The van der Waals surface area contributed by atoms with Crippen LogP contribution in [0.3, 0.4) is 0 Å². The Balaban J connectivity index is 0.0000119. The molecule has 26 nitrogen and oxygen atoms in total. The number of methoxy groups -OCH3 is 1. The van der Waals surface area contributed by atoms with Crippen molar-refractivity contribution >= 4 is 75.6 Å². The standard InChI is InChI=1S/C73H88FN11O15.ClH/c1-42-66(91)81-57(38-75)67(92)79-55-33-46-9-7-10-47(31-46)39-77-63(90)41-100-60-24-29-84-65(60)69(94)82-64(43(2)86)68(93)80-56(32-44-12-19-53(98-4)20-13-44)71(96)85-28-8-25-73(85,3)72(97)76-26-23-45-11-14-48(15-17-52(87)18-22-62(89)78-42)61(34-45)99-30-6-5-27-83-40-50(35-49(70(84)95)36-59(55)88)54-37-51(74)16-21-58(54)83;/h5-7,9-14,16,19-21,31,34,37,40,42-43,49,55-57,60,64-65,86H,8,15,17-18,22-30,32-33,35-36,38-39,41,75H2,1-4H3,(H,76,97)(H,77,90)(H,78,89)(H,79,92)(H,80,93)(H,81,91)(H,82,94);1H/b6-5+;/t42-,43+,49+,55-,56-,57+,60-,64-,65-,73-;/m0./s1. The lowest BCUT2D eigenvalue weighted by atomic mass is 9.88. The van der Waals surface area contributed by atoms with Gasteiger partial charge in [0, 0.05) is 87.8 Å². The number of fused-ring (bicyclic) bond motifs is 10. The summed E-state index contributed by atoms with van der Waals surface area (Å²) in [4.78, 5) is 164. The quantitative estimate of drug-likeness (QED) is 0.0865. The monoisotopic (exact) mass is 1410 g/mol. The van der Waals surface area contributed by atoms with E-state index in [1.165, 1.54) is 42.9 Å². The molecule has 4 aromatic carbocycles. The molecule has 2 fully saturated rings. The predicted molar refractivity (Wildman–Crippen MR) is 362 cm³/mol. The highest BCUT2D eigenvalue weighted by Crippen LogP contribution is 2.34. The van der Waals surface area contributed by atoms with E-state index < -0.39 is 138 Å². The maximum atomic E-state index is 16.1. The molecular formula is C73H89ClFN11O15. The summed E-state index contributed by atoms with van der Waals surface area (Å²) in [5, 5.41) is 31.3. The Labute approximate surface area is 590 Å². The molecule has 5 aliphatic rings. The highest BCUT2D eigenvalue weighted by Gasteiger charge is 2.50.